The lowest BCUT2D eigenvalue weighted by molar-refractivity contribution is -0.0161. The van der Waals surface area contributed by atoms with Crippen LogP contribution in [0, 0.1) is 11.2 Å². The van der Waals surface area contributed by atoms with Crippen LogP contribution in [0.3, 0.4) is 0 Å². The van der Waals surface area contributed by atoms with Crippen molar-refractivity contribution in [2.45, 2.75) is 19.3 Å². The van der Waals surface area contributed by atoms with E-state index in [-0.39, 0.29) is 17.8 Å². The minimum absolute atomic E-state index is 0.0856. The van der Waals surface area contributed by atoms with Gasteiger partial charge in [-0.25, -0.2) is 4.39 Å². The molecule has 1 aliphatic rings. The number of aliphatic hydroxyl groups excluding tert-OH is 1. The zero-order valence-corrected chi connectivity index (χ0v) is 11.2. The average molecular weight is 303 g/mol. The van der Waals surface area contributed by atoms with Crippen LogP contribution in [-0.2, 0) is 11.2 Å². The van der Waals surface area contributed by atoms with Gasteiger partial charge in [-0.05, 0) is 43.0 Å². The van der Waals surface area contributed by atoms with Gasteiger partial charge >= 0.3 is 0 Å². The van der Waals surface area contributed by atoms with Crippen LogP contribution in [-0.4, -0.2) is 24.9 Å². The molecule has 0 saturated carbocycles. The highest BCUT2D eigenvalue weighted by Gasteiger charge is 2.32. The van der Waals surface area contributed by atoms with E-state index in [0.29, 0.717) is 25.2 Å². The van der Waals surface area contributed by atoms with Crippen LogP contribution in [0.2, 0.25) is 0 Å². The molecule has 1 aromatic rings. The molecule has 4 heteroatoms. The van der Waals surface area contributed by atoms with E-state index in [9.17, 15) is 9.50 Å². The van der Waals surface area contributed by atoms with Gasteiger partial charge in [0.25, 0.3) is 0 Å². The van der Waals surface area contributed by atoms with Crippen molar-refractivity contribution in [2.75, 3.05) is 19.8 Å². The summed E-state index contributed by atoms with van der Waals surface area (Å²) in [6.07, 6.45) is 2.14. The third-order valence-corrected chi connectivity index (χ3v) is 3.96. The fraction of sp³-hybridized carbons (Fsp3) is 0.538. The molecular formula is C13H16BrFO2. The number of benzene rings is 1. The monoisotopic (exact) mass is 302 g/mol. The molecule has 1 aliphatic heterocycles. The Balaban J connectivity index is 2.20. The van der Waals surface area contributed by atoms with Crippen molar-refractivity contribution in [2.24, 2.45) is 5.41 Å². The quantitative estimate of drug-likeness (QED) is 0.930. The van der Waals surface area contributed by atoms with E-state index < -0.39 is 0 Å². The van der Waals surface area contributed by atoms with Crippen molar-refractivity contribution in [3.05, 3.63) is 34.1 Å². The summed E-state index contributed by atoms with van der Waals surface area (Å²) in [4.78, 5) is 0. The van der Waals surface area contributed by atoms with Crippen LogP contribution < -0.4 is 0 Å². The van der Waals surface area contributed by atoms with Crippen molar-refractivity contribution in [1.29, 1.82) is 0 Å². The molecule has 0 unspecified atom stereocenters. The third kappa shape index (κ3) is 3.06. The number of ether oxygens (including phenoxy) is 1. The smallest absolute Gasteiger partial charge is 0.126 e. The molecule has 0 radical (unpaired) electrons. The van der Waals surface area contributed by atoms with Gasteiger partial charge in [-0.3, -0.25) is 0 Å². The molecule has 0 bridgehead atoms. The first-order valence-corrected chi connectivity index (χ1v) is 6.57. The van der Waals surface area contributed by atoms with Crippen molar-refractivity contribution >= 4 is 15.9 Å². The molecule has 1 heterocycles. The maximum Gasteiger partial charge on any atom is 0.126 e. The molecule has 0 spiro atoms. The molecule has 17 heavy (non-hydrogen) atoms. The molecule has 1 aromatic carbocycles. The van der Waals surface area contributed by atoms with Crippen LogP contribution >= 0.6 is 15.9 Å². The summed E-state index contributed by atoms with van der Waals surface area (Å²) in [7, 11) is 0. The maximum atomic E-state index is 13.7. The summed E-state index contributed by atoms with van der Waals surface area (Å²) in [5, 5.41) is 9.57. The Morgan fingerprint density at radius 1 is 1.35 bits per heavy atom. The van der Waals surface area contributed by atoms with Gasteiger partial charge in [-0.15, -0.1) is 0 Å². The Hall–Kier alpha value is -0.450. The highest BCUT2D eigenvalue weighted by Crippen LogP contribution is 2.35. The molecule has 1 saturated heterocycles. The number of hydrogen-bond acceptors (Lipinski definition) is 2. The first-order valence-electron chi connectivity index (χ1n) is 5.78. The lowest BCUT2D eigenvalue weighted by atomic mass is 9.76. The molecule has 0 atom stereocenters. The highest BCUT2D eigenvalue weighted by molar-refractivity contribution is 9.10. The van der Waals surface area contributed by atoms with E-state index in [1.165, 1.54) is 6.07 Å². The number of halogens is 2. The maximum absolute atomic E-state index is 13.7. The highest BCUT2D eigenvalue weighted by atomic mass is 79.9. The molecular weight excluding hydrogens is 287 g/mol. The summed E-state index contributed by atoms with van der Waals surface area (Å²) in [6, 6.07) is 4.94. The van der Waals surface area contributed by atoms with Crippen molar-refractivity contribution < 1.29 is 14.2 Å². The molecule has 1 N–H and O–H groups in total. The van der Waals surface area contributed by atoms with Gasteiger partial charge in [-0.1, -0.05) is 15.9 Å². The standard InChI is InChI=1S/C13H16BrFO2/c14-11-1-2-12(15)10(7-11)8-13(9-16)3-5-17-6-4-13/h1-2,7,16H,3-6,8-9H2. The molecule has 0 aromatic heterocycles. The predicted octanol–water partition coefficient (Wildman–Crippen LogP) is 2.92. The van der Waals surface area contributed by atoms with E-state index in [2.05, 4.69) is 15.9 Å². The van der Waals surface area contributed by atoms with Gasteiger partial charge < -0.3 is 9.84 Å². The fourth-order valence-corrected chi connectivity index (χ4v) is 2.69. The average Bonchev–Trinajstić information content (AvgIpc) is 2.35. The summed E-state index contributed by atoms with van der Waals surface area (Å²) in [5.74, 6) is -0.201. The minimum atomic E-state index is -0.222. The molecule has 0 amide bonds. The Bertz CT molecular complexity index is 389. The molecule has 94 valence electrons. The third-order valence-electron chi connectivity index (χ3n) is 3.46. The summed E-state index contributed by atoms with van der Waals surface area (Å²) >= 11 is 3.35. The summed E-state index contributed by atoms with van der Waals surface area (Å²) in [5.41, 5.74) is 0.440. The molecule has 0 aliphatic carbocycles. The molecule has 2 rings (SSSR count). The minimum Gasteiger partial charge on any atom is -0.396 e. The normalized spacial score (nSPS) is 19.2. The summed E-state index contributed by atoms with van der Waals surface area (Å²) < 4.78 is 19.9. The van der Waals surface area contributed by atoms with Gasteiger partial charge in [0.2, 0.25) is 0 Å². The van der Waals surface area contributed by atoms with Crippen molar-refractivity contribution in [3.63, 3.8) is 0 Å². The van der Waals surface area contributed by atoms with Gasteiger partial charge in [0.1, 0.15) is 5.82 Å². The fourth-order valence-electron chi connectivity index (χ4n) is 2.28. The Kier molecular flexibility index (Phi) is 4.17. The SMILES string of the molecule is OCC1(Cc2cc(Br)ccc2F)CCOCC1. The molecule has 1 fully saturated rings. The van der Waals surface area contributed by atoms with Crippen LogP contribution in [0.4, 0.5) is 4.39 Å². The Morgan fingerprint density at radius 2 is 2.06 bits per heavy atom. The largest absolute Gasteiger partial charge is 0.396 e. The second-order valence-corrected chi connectivity index (χ2v) is 5.60. The van der Waals surface area contributed by atoms with Gasteiger partial charge in [0.05, 0.1) is 0 Å². The van der Waals surface area contributed by atoms with Crippen LogP contribution in [0.25, 0.3) is 0 Å². The van der Waals surface area contributed by atoms with E-state index in [1.807, 2.05) is 0 Å². The lowest BCUT2D eigenvalue weighted by Gasteiger charge is -2.35. The van der Waals surface area contributed by atoms with Gasteiger partial charge in [0, 0.05) is 29.7 Å². The second-order valence-electron chi connectivity index (χ2n) is 4.68. The van der Waals surface area contributed by atoms with Crippen molar-refractivity contribution in [3.8, 4) is 0 Å². The van der Waals surface area contributed by atoms with E-state index in [0.717, 1.165) is 17.3 Å². The topological polar surface area (TPSA) is 29.5 Å². The van der Waals surface area contributed by atoms with E-state index in [4.69, 9.17) is 4.74 Å². The van der Waals surface area contributed by atoms with Crippen molar-refractivity contribution in [1.82, 2.24) is 0 Å². The number of rotatable bonds is 3. The van der Waals surface area contributed by atoms with Crippen LogP contribution in [0.5, 0.6) is 0 Å². The lowest BCUT2D eigenvalue weighted by Crippen LogP contribution is -2.35. The Morgan fingerprint density at radius 3 is 2.71 bits per heavy atom. The number of hydrogen-bond donors (Lipinski definition) is 1. The zero-order chi connectivity index (χ0) is 12.3. The summed E-state index contributed by atoms with van der Waals surface area (Å²) in [6.45, 7) is 1.38. The van der Waals surface area contributed by atoms with Gasteiger partial charge in [-0.2, -0.15) is 0 Å². The van der Waals surface area contributed by atoms with Gasteiger partial charge in [0.15, 0.2) is 0 Å². The first kappa shape index (κ1) is 13.0. The van der Waals surface area contributed by atoms with E-state index >= 15 is 0 Å². The number of aliphatic hydroxyl groups is 1. The first-order chi connectivity index (χ1) is 8.15. The van der Waals surface area contributed by atoms with E-state index in [1.54, 1.807) is 12.1 Å². The predicted molar refractivity (Wildman–Crippen MR) is 67.4 cm³/mol. The second kappa shape index (κ2) is 5.46. The Labute approximate surface area is 109 Å². The zero-order valence-electron chi connectivity index (χ0n) is 9.59. The molecule has 2 nitrogen and oxygen atoms in total. The van der Waals surface area contributed by atoms with Crippen LogP contribution in [0.1, 0.15) is 18.4 Å². The van der Waals surface area contributed by atoms with Crippen LogP contribution in [0.15, 0.2) is 22.7 Å².